The van der Waals surface area contributed by atoms with Gasteiger partial charge in [-0.25, -0.2) is 15.0 Å². The van der Waals surface area contributed by atoms with Crippen molar-refractivity contribution in [3.8, 4) is 11.5 Å². The number of hydrazone groups is 1. The number of piperazine rings is 1. The van der Waals surface area contributed by atoms with E-state index < -0.39 is 23.4 Å². The number of phenolic OH excluding ortho intramolecular Hbond substituents is 1. The summed E-state index contributed by atoms with van der Waals surface area (Å²) in [6.45, 7) is 15.3. The lowest BCUT2D eigenvalue weighted by Gasteiger charge is -2.37. The van der Waals surface area contributed by atoms with Gasteiger partial charge in [0.1, 0.15) is 23.5 Å². The average Bonchev–Trinajstić information content (AvgIpc) is 3.65. The molecule has 2 aliphatic heterocycles. The Kier molecular flexibility index (Phi) is 18.4. The first kappa shape index (κ1) is 45.3. The molecule has 0 bridgehead atoms. The summed E-state index contributed by atoms with van der Waals surface area (Å²) in [5, 5.41) is 27.0. The number of aryl methyl sites for hydroxylation is 1. The van der Waals surface area contributed by atoms with Crippen molar-refractivity contribution < 1.29 is 42.5 Å². The number of aromatic nitrogens is 2. The predicted molar refractivity (Wildman–Crippen MR) is 201 cm³/mol. The minimum atomic E-state index is -4.57. The molecule has 5 rings (SSSR count). The molecule has 298 valence electrons. The van der Waals surface area contributed by atoms with E-state index in [1.54, 1.807) is 14.0 Å². The van der Waals surface area contributed by atoms with Crippen molar-refractivity contribution in [2.75, 3.05) is 40.3 Å². The van der Waals surface area contributed by atoms with E-state index in [4.69, 9.17) is 14.6 Å². The Bertz CT molecular complexity index is 1790. The molecule has 3 heterocycles. The van der Waals surface area contributed by atoms with E-state index in [2.05, 4.69) is 61.6 Å². The Morgan fingerprint density at radius 3 is 2.29 bits per heavy atom. The van der Waals surface area contributed by atoms with Gasteiger partial charge >= 0.3 is 6.18 Å². The highest BCUT2D eigenvalue weighted by molar-refractivity contribution is 5.93. The van der Waals surface area contributed by atoms with Crippen LogP contribution in [0.3, 0.4) is 0 Å². The number of nitrogens with two attached hydrogens (primary N) is 1. The minimum absolute atomic E-state index is 0.0347. The summed E-state index contributed by atoms with van der Waals surface area (Å²) in [6, 6.07) is 8.89. The first-order chi connectivity index (χ1) is 26.2. The second-order valence-electron chi connectivity index (χ2n) is 11.9. The molecule has 2 aliphatic rings. The van der Waals surface area contributed by atoms with Crippen molar-refractivity contribution in [1.29, 1.82) is 0 Å². The van der Waals surface area contributed by atoms with E-state index in [1.165, 1.54) is 23.0 Å². The number of benzene rings is 2. The van der Waals surface area contributed by atoms with Gasteiger partial charge in [-0.2, -0.15) is 18.3 Å². The molecule has 0 radical (unpaired) electrons. The Hall–Kier alpha value is -5.88. The van der Waals surface area contributed by atoms with E-state index in [0.29, 0.717) is 49.8 Å². The van der Waals surface area contributed by atoms with Crippen molar-refractivity contribution in [3.05, 3.63) is 93.3 Å². The third-order valence-corrected chi connectivity index (χ3v) is 8.40. The number of likely N-dealkylation sites (N-methyl/N-ethyl adjacent to an activating group) is 1. The largest absolute Gasteiger partial charge is 0.508 e. The van der Waals surface area contributed by atoms with Crippen molar-refractivity contribution in [1.82, 2.24) is 30.1 Å². The maximum atomic E-state index is 13.3. The second kappa shape index (κ2) is 22.4. The highest BCUT2D eigenvalue weighted by Gasteiger charge is 2.32. The molecule has 0 unspecified atom stereocenters. The van der Waals surface area contributed by atoms with Crippen molar-refractivity contribution in [2.24, 2.45) is 15.8 Å². The van der Waals surface area contributed by atoms with Crippen LogP contribution in [0.4, 0.5) is 13.2 Å². The van der Waals surface area contributed by atoms with Gasteiger partial charge in [0, 0.05) is 51.2 Å². The van der Waals surface area contributed by atoms with Crippen LogP contribution in [0.1, 0.15) is 57.3 Å². The lowest BCUT2D eigenvalue weighted by molar-refractivity contribution is -0.137. The van der Waals surface area contributed by atoms with Gasteiger partial charge in [-0.1, -0.05) is 31.2 Å². The third-order valence-electron chi connectivity index (χ3n) is 8.40. The summed E-state index contributed by atoms with van der Waals surface area (Å²) >= 11 is 0. The minimum Gasteiger partial charge on any atom is -0.508 e. The molecule has 15 nitrogen and oxygen atoms in total. The second-order valence-corrected chi connectivity index (χ2v) is 11.9. The van der Waals surface area contributed by atoms with Crippen molar-refractivity contribution in [3.63, 3.8) is 0 Å². The number of nitrogens with zero attached hydrogens (tertiary/aromatic N) is 7. The number of aldehydes is 1. The maximum absolute atomic E-state index is 13.3. The monoisotopic (exact) mass is 771 g/mol. The fraction of sp³-hybridized carbons (Fsp3) is 0.378. The molecule has 0 spiro atoms. The Labute approximate surface area is 318 Å². The van der Waals surface area contributed by atoms with Gasteiger partial charge in [-0.05, 0) is 55.9 Å². The Morgan fingerprint density at radius 1 is 1.09 bits per heavy atom. The van der Waals surface area contributed by atoms with E-state index >= 15 is 0 Å². The molecule has 0 aliphatic carbocycles. The maximum Gasteiger partial charge on any atom is 0.416 e. The molecule has 0 saturated carbocycles. The molecule has 0 atom stereocenters. The highest BCUT2D eigenvalue weighted by atomic mass is 19.4. The van der Waals surface area contributed by atoms with Crippen molar-refractivity contribution in [2.45, 2.75) is 52.7 Å². The normalized spacial score (nSPS) is 13.8. The number of carbonyl (C=O) groups excluding carboxylic acids is 3. The molecule has 18 heteroatoms. The molecule has 1 saturated heterocycles. The standard InChI is InChI=1S/C20H28F3N5O2.C10H11NO.C6H6N2O2.CH3NO/c1-5-16(24-2)18(27-10-8-26(4)9-11-27)19(30)28(25-3)13-14-6-7-15(12-17(14)29)20(21,22)23;1-11-5-8-3-2-4-9-6-12-7-10(8)9;1-4-6(10)5(2-9)8-3-7-4;2-1-3/h6-7,12,24,29H,3,5,8-11,13H2,1-2,4H3;2-4H,1,5-7H2;2-3,10H,1H3;1H,(H2,2,3)/b18-16+;;;. The summed E-state index contributed by atoms with van der Waals surface area (Å²) in [4.78, 5) is 47.3. The smallest absolute Gasteiger partial charge is 0.416 e. The van der Waals surface area contributed by atoms with E-state index in [9.17, 15) is 27.9 Å². The fourth-order valence-corrected chi connectivity index (χ4v) is 5.40. The molecule has 55 heavy (non-hydrogen) atoms. The zero-order valence-corrected chi connectivity index (χ0v) is 31.3. The van der Waals surface area contributed by atoms with Crippen LogP contribution in [0.25, 0.3) is 0 Å². The number of primary amides is 1. The number of amides is 2. The van der Waals surface area contributed by atoms with Crippen LogP contribution < -0.4 is 11.1 Å². The van der Waals surface area contributed by atoms with Crippen LogP contribution in [-0.4, -0.2) is 107 Å². The van der Waals surface area contributed by atoms with Crippen LogP contribution in [0.15, 0.2) is 64.2 Å². The van der Waals surface area contributed by atoms with Crippen molar-refractivity contribution >= 4 is 32.0 Å². The highest BCUT2D eigenvalue weighted by Crippen LogP contribution is 2.33. The first-order valence-electron chi connectivity index (χ1n) is 16.9. The quantitative estimate of drug-likeness (QED) is 0.101. The number of hydrogen-bond acceptors (Lipinski definition) is 13. The molecular formula is C37H48F3N9O6. The number of hydrogen-bond donors (Lipinski definition) is 4. The molecule has 5 N–H and O–H groups in total. The average molecular weight is 772 g/mol. The summed E-state index contributed by atoms with van der Waals surface area (Å²) in [5.74, 6) is -1.13. The summed E-state index contributed by atoms with van der Waals surface area (Å²) in [5.41, 5.74) is 8.84. The molecule has 2 amide bonds. The van der Waals surface area contributed by atoms with Gasteiger partial charge < -0.3 is 35.8 Å². The number of phenols is 1. The number of ether oxygens (including phenoxy) is 1. The van der Waals surface area contributed by atoms with Gasteiger partial charge in [0.15, 0.2) is 12.0 Å². The van der Waals surface area contributed by atoms with Crippen LogP contribution >= 0.6 is 0 Å². The third kappa shape index (κ3) is 13.2. The number of aromatic hydroxyl groups is 2. The van der Waals surface area contributed by atoms with Gasteiger partial charge in [0.05, 0.1) is 37.6 Å². The molecule has 2 aromatic carbocycles. The number of alkyl halides is 3. The lowest BCUT2D eigenvalue weighted by atomic mass is 10.0. The van der Waals surface area contributed by atoms with Crippen LogP contribution in [0.5, 0.6) is 11.5 Å². The van der Waals surface area contributed by atoms with Gasteiger partial charge in [-0.15, -0.1) is 0 Å². The zero-order chi connectivity index (χ0) is 41.1. The van der Waals surface area contributed by atoms with Gasteiger partial charge in [0.25, 0.3) is 5.91 Å². The summed E-state index contributed by atoms with van der Waals surface area (Å²) in [6.07, 6.45) is -2.01. The fourth-order valence-electron chi connectivity index (χ4n) is 5.40. The number of rotatable bonds is 10. The number of aliphatic imine (C=N–C) groups is 1. The first-order valence-corrected chi connectivity index (χ1v) is 16.9. The molecule has 1 fully saturated rings. The van der Waals surface area contributed by atoms with Gasteiger partial charge in [0.2, 0.25) is 6.41 Å². The molecular weight excluding hydrogens is 723 g/mol. The number of allylic oxidation sites excluding steroid dienone is 1. The SMILES string of the molecule is C=NCc1cccc2c1COC2.C=NN(Cc1ccc(C(F)(F)F)cc1O)C(=O)/C(=C(/CC)NC)N1CCN(C)CC1.Cc1ncnc(C=O)c1O.NC=O. The number of fused-ring (bicyclic) bond motifs is 1. The van der Waals surface area contributed by atoms with E-state index in [0.717, 1.165) is 49.1 Å². The summed E-state index contributed by atoms with van der Waals surface area (Å²) in [7, 11) is 3.74. The van der Waals surface area contributed by atoms with E-state index in [-0.39, 0.29) is 30.0 Å². The Morgan fingerprint density at radius 2 is 1.76 bits per heavy atom. The Balaban J connectivity index is 0.000000337. The summed E-state index contributed by atoms with van der Waals surface area (Å²) < 4.78 is 43.8. The van der Waals surface area contributed by atoms with Crippen LogP contribution in [0, 0.1) is 6.92 Å². The predicted octanol–water partition coefficient (Wildman–Crippen LogP) is 3.77. The zero-order valence-electron chi connectivity index (χ0n) is 31.3. The lowest BCUT2D eigenvalue weighted by Crippen LogP contribution is -2.48. The molecule has 3 aromatic rings. The molecule has 1 aromatic heterocycles. The van der Waals surface area contributed by atoms with E-state index in [1.807, 2.05) is 24.9 Å². The number of nitrogens with one attached hydrogen (secondary N) is 1. The van der Waals surface area contributed by atoms with Crippen LogP contribution in [0.2, 0.25) is 0 Å². The topological polar surface area (TPSA) is 199 Å². The number of halogens is 3. The van der Waals surface area contributed by atoms with Gasteiger partial charge in [-0.3, -0.25) is 19.4 Å². The van der Waals surface area contributed by atoms with Crippen LogP contribution in [-0.2, 0) is 46.8 Å². The number of carbonyl (C=O) groups is 3.